The van der Waals surface area contributed by atoms with Crippen LogP contribution < -0.4 is 0 Å². The molecule has 0 unspecified atom stereocenters. The van der Waals surface area contributed by atoms with Crippen molar-refractivity contribution >= 4 is 51.1 Å². The second-order valence-corrected chi connectivity index (χ2v) is 5.04. The molecule has 0 nitrogen and oxygen atoms in total. The average molecular weight is 357 g/mol. The van der Waals surface area contributed by atoms with Gasteiger partial charge in [0.1, 0.15) is 0 Å². The Labute approximate surface area is 101 Å². The Kier molecular flexibility index (Phi) is 4.97. The molecule has 3 heteroatoms. The monoisotopic (exact) mass is 356 g/mol. The van der Waals surface area contributed by atoms with Gasteiger partial charge in [-0.2, -0.15) is 0 Å². The summed E-state index contributed by atoms with van der Waals surface area (Å²) in [4.78, 5) is 1.04. The van der Waals surface area contributed by atoms with E-state index in [0.29, 0.717) is 0 Å². The smallest absolute Gasteiger partial charge is 0.0173 e. The van der Waals surface area contributed by atoms with Gasteiger partial charge in [-0.15, -0.1) is 12.6 Å². The highest BCUT2D eigenvalue weighted by Crippen LogP contribution is 2.18. The number of hydrogen-bond donors (Lipinski definition) is 1. The van der Waals surface area contributed by atoms with Crippen LogP contribution in [0.1, 0.15) is 12.0 Å². The van der Waals surface area contributed by atoms with Crippen LogP contribution in [0.4, 0.5) is 0 Å². The van der Waals surface area contributed by atoms with E-state index >= 15 is 0 Å². The van der Waals surface area contributed by atoms with Crippen LogP contribution in [0, 0.1) is 3.57 Å². The van der Waals surface area contributed by atoms with Crippen molar-refractivity contribution in [1.82, 2.24) is 0 Å². The van der Waals surface area contributed by atoms with E-state index in [-0.39, 0.29) is 0 Å². The summed E-state index contributed by atoms with van der Waals surface area (Å²) in [6.45, 7) is 0. The lowest BCUT2D eigenvalue weighted by atomic mass is 10.1. The Bertz CT molecular complexity index is 263. The lowest BCUT2D eigenvalue weighted by Gasteiger charge is -2.03. The van der Waals surface area contributed by atoms with Gasteiger partial charge in [0, 0.05) is 13.8 Å². The molecule has 0 bridgehead atoms. The van der Waals surface area contributed by atoms with E-state index in [1.165, 1.54) is 15.6 Å². The molecule has 0 radical (unpaired) electrons. The van der Waals surface area contributed by atoms with Crippen molar-refractivity contribution in [3.63, 3.8) is 0 Å². The van der Waals surface area contributed by atoms with Crippen LogP contribution in [-0.4, -0.2) is 5.33 Å². The quantitative estimate of drug-likeness (QED) is 0.474. The largest absolute Gasteiger partial charge is 0.143 e. The molecule has 12 heavy (non-hydrogen) atoms. The van der Waals surface area contributed by atoms with Crippen molar-refractivity contribution in [3.8, 4) is 0 Å². The number of halogens is 2. The first-order valence-corrected chi connectivity index (χ1v) is 6.42. The van der Waals surface area contributed by atoms with Crippen LogP contribution in [0.2, 0.25) is 0 Å². The van der Waals surface area contributed by atoms with Crippen molar-refractivity contribution in [2.24, 2.45) is 0 Å². The SMILES string of the molecule is Sc1ccc(CCCBr)c(I)c1. The summed E-state index contributed by atoms with van der Waals surface area (Å²) >= 11 is 10.1. The zero-order valence-corrected chi connectivity index (χ0v) is 11.2. The summed E-state index contributed by atoms with van der Waals surface area (Å²) in [5.41, 5.74) is 1.42. The molecule has 0 saturated heterocycles. The van der Waals surface area contributed by atoms with Gasteiger partial charge in [-0.25, -0.2) is 0 Å². The minimum absolute atomic E-state index is 1.04. The van der Waals surface area contributed by atoms with Gasteiger partial charge in [0.15, 0.2) is 0 Å². The summed E-state index contributed by atoms with van der Waals surface area (Å²) < 4.78 is 1.32. The predicted octanol–water partition coefficient (Wildman–Crippen LogP) is 3.91. The Morgan fingerprint density at radius 2 is 2.17 bits per heavy atom. The Morgan fingerprint density at radius 1 is 1.42 bits per heavy atom. The number of hydrogen-bond acceptors (Lipinski definition) is 1. The molecule has 1 aromatic rings. The minimum Gasteiger partial charge on any atom is -0.143 e. The van der Waals surface area contributed by atoms with Crippen molar-refractivity contribution < 1.29 is 0 Å². The molecule has 0 atom stereocenters. The van der Waals surface area contributed by atoms with Gasteiger partial charge in [0.2, 0.25) is 0 Å². The molecule has 1 aromatic carbocycles. The van der Waals surface area contributed by atoms with Gasteiger partial charge in [0.05, 0.1) is 0 Å². The molecule has 0 aromatic heterocycles. The molecule has 0 amide bonds. The van der Waals surface area contributed by atoms with Crippen LogP contribution in [0.3, 0.4) is 0 Å². The zero-order chi connectivity index (χ0) is 8.97. The third-order valence-electron chi connectivity index (χ3n) is 1.62. The number of alkyl halides is 1. The highest BCUT2D eigenvalue weighted by atomic mass is 127. The van der Waals surface area contributed by atoms with E-state index in [0.717, 1.165) is 16.6 Å². The van der Waals surface area contributed by atoms with Crippen LogP contribution in [-0.2, 0) is 6.42 Å². The summed E-state index contributed by atoms with van der Waals surface area (Å²) in [6.07, 6.45) is 2.35. The number of thiol groups is 1. The molecular formula is C9H10BrIS. The van der Waals surface area contributed by atoms with Gasteiger partial charge < -0.3 is 0 Å². The van der Waals surface area contributed by atoms with Gasteiger partial charge in [-0.1, -0.05) is 22.0 Å². The lowest BCUT2D eigenvalue weighted by molar-refractivity contribution is 0.931. The molecule has 0 aliphatic carbocycles. The van der Waals surface area contributed by atoms with Crippen molar-refractivity contribution in [2.45, 2.75) is 17.7 Å². The summed E-state index contributed by atoms with van der Waals surface area (Å²) in [5.74, 6) is 0. The topological polar surface area (TPSA) is 0 Å². The Balaban J connectivity index is 2.72. The fraction of sp³-hybridized carbons (Fsp3) is 0.333. The summed E-state index contributed by atoms with van der Waals surface area (Å²) in [5, 5.41) is 1.08. The second kappa shape index (κ2) is 5.50. The first kappa shape index (κ1) is 10.9. The normalized spacial score (nSPS) is 10.2. The van der Waals surface area contributed by atoms with Gasteiger partial charge in [0.25, 0.3) is 0 Å². The Morgan fingerprint density at radius 3 is 2.75 bits per heavy atom. The van der Waals surface area contributed by atoms with E-state index in [1.807, 2.05) is 0 Å². The fourth-order valence-electron chi connectivity index (χ4n) is 0.996. The maximum atomic E-state index is 4.28. The molecule has 0 fully saturated rings. The zero-order valence-electron chi connectivity index (χ0n) is 6.56. The predicted molar refractivity (Wildman–Crippen MR) is 68.5 cm³/mol. The maximum absolute atomic E-state index is 4.28. The first-order chi connectivity index (χ1) is 5.74. The molecule has 1 rings (SSSR count). The molecule has 0 heterocycles. The second-order valence-electron chi connectivity index (χ2n) is 2.57. The summed E-state index contributed by atoms with van der Waals surface area (Å²) in [6, 6.07) is 6.31. The van der Waals surface area contributed by atoms with Gasteiger partial charge in [-0.3, -0.25) is 0 Å². The van der Waals surface area contributed by atoms with Gasteiger partial charge >= 0.3 is 0 Å². The highest BCUT2D eigenvalue weighted by Gasteiger charge is 1.98. The molecule has 0 aliphatic rings. The van der Waals surface area contributed by atoms with Crippen LogP contribution in [0.15, 0.2) is 23.1 Å². The van der Waals surface area contributed by atoms with E-state index in [1.54, 1.807) is 0 Å². The van der Waals surface area contributed by atoms with E-state index in [4.69, 9.17) is 0 Å². The van der Waals surface area contributed by atoms with Crippen LogP contribution >= 0.6 is 51.1 Å². The Hall–Kier alpha value is 0.780. The molecule has 0 spiro atoms. The standard InChI is InChI=1S/C9H10BrIS/c10-5-1-2-7-3-4-8(12)6-9(7)11/h3-4,6,12H,1-2,5H2. The van der Waals surface area contributed by atoms with Crippen molar-refractivity contribution in [3.05, 3.63) is 27.3 Å². The molecular weight excluding hydrogens is 347 g/mol. The van der Waals surface area contributed by atoms with E-state index in [2.05, 4.69) is 69.3 Å². The molecule has 0 aliphatic heterocycles. The minimum atomic E-state index is 1.04. The third kappa shape index (κ3) is 3.26. The molecule has 66 valence electrons. The number of rotatable bonds is 3. The van der Waals surface area contributed by atoms with E-state index in [9.17, 15) is 0 Å². The van der Waals surface area contributed by atoms with Crippen LogP contribution in [0.25, 0.3) is 0 Å². The molecule has 0 saturated carbocycles. The average Bonchev–Trinajstić information content (AvgIpc) is 2.03. The fourth-order valence-corrected chi connectivity index (χ4v) is 2.51. The number of benzene rings is 1. The highest BCUT2D eigenvalue weighted by molar-refractivity contribution is 14.1. The number of aryl methyl sites for hydroxylation is 1. The van der Waals surface area contributed by atoms with Crippen molar-refractivity contribution in [2.75, 3.05) is 5.33 Å². The lowest BCUT2D eigenvalue weighted by Crippen LogP contribution is -1.89. The third-order valence-corrected chi connectivity index (χ3v) is 3.46. The van der Waals surface area contributed by atoms with Crippen LogP contribution in [0.5, 0.6) is 0 Å². The maximum Gasteiger partial charge on any atom is 0.0173 e. The van der Waals surface area contributed by atoms with Crippen molar-refractivity contribution in [1.29, 1.82) is 0 Å². The summed E-state index contributed by atoms with van der Waals surface area (Å²) in [7, 11) is 0. The van der Waals surface area contributed by atoms with Gasteiger partial charge in [-0.05, 0) is 53.1 Å². The first-order valence-electron chi connectivity index (χ1n) is 3.77. The molecule has 0 N–H and O–H groups in total. The van der Waals surface area contributed by atoms with E-state index < -0.39 is 0 Å².